The number of benzene rings is 2. The van der Waals surface area contributed by atoms with E-state index in [0.29, 0.717) is 11.3 Å². The summed E-state index contributed by atoms with van der Waals surface area (Å²) in [6.45, 7) is 1.98. The standard InChI is InChI=1S/C20H19BrN4O2/c1-14(15-7-3-2-4-8-15)23-20(27)17-9-5-6-10-18(17)24-19(26)13-25-12-16(21)11-22-25/h2-12,14H,13H2,1H3,(H,23,27)(H,24,26). The van der Waals surface area contributed by atoms with Crippen LogP contribution in [0.1, 0.15) is 28.9 Å². The number of para-hydroxylation sites is 1. The molecule has 1 heterocycles. The van der Waals surface area contributed by atoms with Gasteiger partial charge in [-0.25, -0.2) is 0 Å². The molecule has 0 aliphatic carbocycles. The average molecular weight is 427 g/mol. The smallest absolute Gasteiger partial charge is 0.253 e. The molecular formula is C20H19BrN4O2. The van der Waals surface area contributed by atoms with E-state index in [9.17, 15) is 9.59 Å². The molecule has 2 aromatic carbocycles. The lowest BCUT2D eigenvalue weighted by molar-refractivity contribution is -0.116. The van der Waals surface area contributed by atoms with Crippen LogP contribution in [-0.2, 0) is 11.3 Å². The molecule has 27 heavy (non-hydrogen) atoms. The maximum atomic E-state index is 12.7. The van der Waals surface area contributed by atoms with E-state index in [0.717, 1.165) is 10.0 Å². The molecule has 0 saturated heterocycles. The summed E-state index contributed by atoms with van der Waals surface area (Å²) in [7, 11) is 0. The zero-order chi connectivity index (χ0) is 19.2. The van der Waals surface area contributed by atoms with E-state index in [1.54, 1.807) is 36.7 Å². The summed E-state index contributed by atoms with van der Waals surface area (Å²) in [6.07, 6.45) is 3.32. The molecule has 0 saturated carbocycles. The lowest BCUT2D eigenvalue weighted by Crippen LogP contribution is -2.28. The number of rotatable bonds is 6. The second kappa shape index (κ2) is 8.64. The molecule has 7 heteroatoms. The molecule has 6 nitrogen and oxygen atoms in total. The number of hydrogen-bond acceptors (Lipinski definition) is 3. The molecule has 2 N–H and O–H groups in total. The van der Waals surface area contributed by atoms with E-state index >= 15 is 0 Å². The Morgan fingerprint density at radius 2 is 1.81 bits per heavy atom. The fraction of sp³-hybridized carbons (Fsp3) is 0.150. The zero-order valence-corrected chi connectivity index (χ0v) is 16.3. The second-order valence-electron chi connectivity index (χ2n) is 6.06. The van der Waals surface area contributed by atoms with Crippen molar-refractivity contribution in [1.29, 1.82) is 0 Å². The van der Waals surface area contributed by atoms with Crippen LogP contribution in [0, 0.1) is 0 Å². The Balaban J connectivity index is 1.69. The zero-order valence-electron chi connectivity index (χ0n) is 14.7. The topological polar surface area (TPSA) is 76.0 Å². The SMILES string of the molecule is CC(NC(=O)c1ccccc1NC(=O)Cn1cc(Br)cn1)c1ccccc1. The molecule has 2 amide bonds. The maximum absolute atomic E-state index is 12.7. The largest absolute Gasteiger partial charge is 0.345 e. The molecule has 1 atom stereocenters. The van der Waals surface area contributed by atoms with Gasteiger partial charge in [0.2, 0.25) is 5.91 Å². The number of halogens is 1. The molecule has 1 unspecified atom stereocenters. The number of carbonyl (C=O) groups excluding carboxylic acids is 2. The van der Waals surface area contributed by atoms with Crippen LogP contribution < -0.4 is 10.6 Å². The Morgan fingerprint density at radius 1 is 1.11 bits per heavy atom. The highest BCUT2D eigenvalue weighted by molar-refractivity contribution is 9.10. The van der Waals surface area contributed by atoms with Gasteiger partial charge < -0.3 is 10.6 Å². The molecular weight excluding hydrogens is 408 g/mol. The maximum Gasteiger partial charge on any atom is 0.253 e. The van der Waals surface area contributed by atoms with Crippen LogP contribution in [0.5, 0.6) is 0 Å². The normalized spacial score (nSPS) is 11.6. The van der Waals surface area contributed by atoms with E-state index in [1.165, 1.54) is 4.68 Å². The highest BCUT2D eigenvalue weighted by Crippen LogP contribution is 2.18. The molecule has 0 bridgehead atoms. The average Bonchev–Trinajstić information content (AvgIpc) is 3.07. The molecule has 3 rings (SSSR count). The molecule has 0 aliphatic heterocycles. The number of nitrogens with one attached hydrogen (secondary N) is 2. The first-order valence-corrected chi connectivity index (χ1v) is 9.25. The highest BCUT2D eigenvalue weighted by atomic mass is 79.9. The Labute approximate surface area is 165 Å². The first-order chi connectivity index (χ1) is 13.0. The Bertz CT molecular complexity index is 940. The van der Waals surface area contributed by atoms with Crippen LogP contribution in [0.2, 0.25) is 0 Å². The van der Waals surface area contributed by atoms with Crippen molar-refractivity contribution >= 4 is 33.4 Å². The van der Waals surface area contributed by atoms with E-state index in [2.05, 4.69) is 31.7 Å². The predicted octanol–water partition coefficient (Wildman–Crippen LogP) is 3.78. The van der Waals surface area contributed by atoms with Crippen molar-refractivity contribution in [2.75, 3.05) is 5.32 Å². The van der Waals surface area contributed by atoms with Gasteiger partial charge >= 0.3 is 0 Å². The van der Waals surface area contributed by atoms with Crippen molar-refractivity contribution in [3.63, 3.8) is 0 Å². The minimum absolute atomic E-state index is 0.0575. The highest BCUT2D eigenvalue weighted by Gasteiger charge is 2.16. The summed E-state index contributed by atoms with van der Waals surface area (Å²) < 4.78 is 2.31. The van der Waals surface area contributed by atoms with Gasteiger partial charge in [-0.1, -0.05) is 42.5 Å². The van der Waals surface area contributed by atoms with Crippen LogP contribution in [0.4, 0.5) is 5.69 Å². The van der Waals surface area contributed by atoms with E-state index < -0.39 is 0 Å². The summed E-state index contributed by atoms with van der Waals surface area (Å²) in [6, 6.07) is 16.5. The van der Waals surface area contributed by atoms with E-state index in [-0.39, 0.29) is 24.4 Å². The Kier molecular flexibility index (Phi) is 6.03. The minimum Gasteiger partial charge on any atom is -0.345 e. The third-order valence-corrected chi connectivity index (χ3v) is 4.41. The lowest BCUT2D eigenvalue weighted by Gasteiger charge is -2.16. The first kappa shape index (κ1) is 18.8. The molecule has 1 aromatic heterocycles. The van der Waals surface area contributed by atoms with Crippen LogP contribution in [0.25, 0.3) is 0 Å². The van der Waals surface area contributed by atoms with Crippen LogP contribution >= 0.6 is 15.9 Å². The molecule has 3 aromatic rings. The fourth-order valence-corrected chi connectivity index (χ4v) is 2.98. The number of carbonyl (C=O) groups is 2. The van der Waals surface area contributed by atoms with E-state index in [4.69, 9.17) is 0 Å². The van der Waals surface area contributed by atoms with Gasteiger partial charge in [-0.3, -0.25) is 14.3 Å². The molecule has 138 valence electrons. The summed E-state index contributed by atoms with van der Waals surface area (Å²) in [5.41, 5.74) is 1.89. The number of amides is 2. The van der Waals surface area contributed by atoms with Crippen molar-refractivity contribution in [2.45, 2.75) is 19.5 Å². The van der Waals surface area contributed by atoms with Gasteiger partial charge in [-0.05, 0) is 40.5 Å². The molecule has 0 fully saturated rings. The second-order valence-corrected chi connectivity index (χ2v) is 6.97. The number of hydrogen-bond donors (Lipinski definition) is 2. The van der Waals surface area contributed by atoms with E-state index in [1.807, 2.05) is 37.3 Å². The number of aromatic nitrogens is 2. The molecule has 0 radical (unpaired) electrons. The van der Waals surface area contributed by atoms with Crippen molar-refractivity contribution in [1.82, 2.24) is 15.1 Å². The minimum atomic E-state index is -0.262. The fourth-order valence-electron chi connectivity index (χ4n) is 2.65. The third-order valence-electron chi connectivity index (χ3n) is 4.00. The van der Waals surface area contributed by atoms with Crippen molar-refractivity contribution in [3.8, 4) is 0 Å². The Morgan fingerprint density at radius 3 is 2.52 bits per heavy atom. The first-order valence-electron chi connectivity index (χ1n) is 8.45. The van der Waals surface area contributed by atoms with Crippen LogP contribution in [0.3, 0.4) is 0 Å². The van der Waals surface area contributed by atoms with Crippen molar-refractivity contribution in [2.24, 2.45) is 0 Å². The summed E-state index contributed by atoms with van der Waals surface area (Å²) in [5, 5.41) is 9.81. The summed E-state index contributed by atoms with van der Waals surface area (Å²) in [5.74, 6) is -0.508. The quantitative estimate of drug-likeness (QED) is 0.629. The predicted molar refractivity (Wildman–Crippen MR) is 107 cm³/mol. The van der Waals surface area contributed by atoms with Crippen molar-refractivity contribution in [3.05, 3.63) is 82.6 Å². The van der Waals surface area contributed by atoms with Gasteiger partial charge in [0.15, 0.2) is 0 Å². The molecule has 0 spiro atoms. The van der Waals surface area contributed by atoms with Crippen LogP contribution in [-0.4, -0.2) is 21.6 Å². The van der Waals surface area contributed by atoms with Crippen LogP contribution in [0.15, 0.2) is 71.5 Å². The van der Waals surface area contributed by atoms with Gasteiger partial charge in [-0.2, -0.15) is 5.10 Å². The van der Waals surface area contributed by atoms with Crippen molar-refractivity contribution < 1.29 is 9.59 Å². The third kappa shape index (κ3) is 5.04. The van der Waals surface area contributed by atoms with Gasteiger partial charge in [-0.15, -0.1) is 0 Å². The Hall–Kier alpha value is -2.93. The summed E-state index contributed by atoms with van der Waals surface area (Å²) >= 11 is 3.29. The number of anilines is 1. The van der Waals surface area contributed by atoms with Gasteiger partial charge in [0.1, 0.15) is 6.54 Å². The molecule has 0 aliphatic rings. The van der Waals surface area contributed by atoms with Gasteiger partial charge in [0, 0.05) is 6.20 Å². The summed E-state index contributed by atoms with van der Waals surface area (Å²) in [4.78, 5) is 25.0. The van der Waals surface area contributed by atoms with Gasteiger partial charge in [0.25, 0.3) is 5.91 Å². The monoisotopic (exact) mass is 426 g/mol. The lowest BCUT2D eigenvalue weighted by atomic mass is 10.1. The number of nitrogens with zero attached hydrogens (tertiary/aromatic N) is 2. The van der Waals surface area contributed by atoms with Gasteiger partial charge in [0.05, 0.1) is 28.0 Å².